The van der Waals surface area contributed by atoms with Crippen LogP contribution in [-0.2, 0) is 0 Å². The summed E-state index contributed by atoms with van der Waals surface area (Å²) in [5.41, 5.74) is 0. The Kier molecular flexibility index (Phi) is 8.31. The van der Waals surface area contributed by atoms with Crippen LogP contribution in [0.1, 0.15) is 11.5 Å². The fraction of sp³-hybridized carbons (Fsp3) is 0.250. The van der Waals surface area contributed by atoms with Crippen LogP contribution in [0.15, 0.2) is 42.0 Å². The van der Waals surface area contributed by atoms with Crippen molar-refractivity contribution in [2.24, 2.45) is 0 Å². The number of furan rings is 1. The maximum absolute atomic E-state index is 6.01. The van der Waals surface area contributed by atoms with Crippen LogP contribution < -0.4 is 0 Å². The van der Waals surface area contributed by atoms with Gasteiger partial charge in [0.1, 0.15) is 11.5 Å². The predicted octanol–water partition coefficient (Wildman–Crippen LogP) is 8.54. The van der Waals surface area contributed by atoms with Crippen molar-refractivity contribution in [1.82, 2.24) is 0 Å². The highest BCUT2D eigenvalue weighted by Gasteiger charge is 2.21. The lowest BCUT2D eigenvalue weighted by atomic mass is 10.4. The number of thioether (sulfide) groups is 8. The van der Waals surface area contributed by atoms with E-state index in [1.54, 1.807) is 0 Å². The first-order valence-corrected chi connectivity index (χ1v) is 15.2. The van der Waals surface area contributed by atoms with E-state index >= 15 is 0 Å². The van der Waals surface area contributed by atoms with Gasteiger partial charge in [-0.2, -0.15) is 0 Å². The average Bonchev–Trinajstić information content (AvgIpc) is 3.33. The van der Waals surface area contributed by atoms with Crippen molar-refractivity contribution in [3.8, 4) is 0 Å². The van der Waals surface area contributed by atoms with Crippen molar-refractivity contribution < 1.29 is 4.42 Å². The van der Waals surface area contributed by atoms with Gasteiger partial charge in [-0.15, -0.1) is 47.0 Å². The molecule has 2 aliphatic rings. The standard InChI is InChI=1S/C16H16OS8/c1-18-13-14(19-2)23-11(22-13)7-9-5-6-10(17-9)8-12-24-15(20-3)16(21-4)25-12/h5-8H,1-4H3. The monoisotopic (exact) mass is 480 g/mol. The molecule has 0 aliphatic carbocycles. The lowest BCUT2D eigenvalue weighted by Crippen LogP contribution is -1.67. The second kappa shape index (κ2) is 10.0. The highest BCUT2D eigenvalue weighted by molar-refractivity contribution is 8.41. The molecule has 3 heterocycles. The van der Waals surface area contributed by atoms with Crippen LogP contribution in [0.25, 0.3) is 12.2 Å². The SMILES string of the molecule is CSC1=C(SC)SC(=Cc2ccc(C=C3SC(SC)=C(SC)S3)o2)S1. The largest absolute Gasteiger partial charge is 0.457 e. The van der Waals surface area contributed by atoms with Gasteiger partial charge >= 0.3 is 0 Å². The normalized spacial score (nSPS) is 17.9. The van der Waals surface area contributed by atoms with E-state index in [4.69, 9.17) is 4.42 Å². The topological polar surface area (TPSA) is 13.1 Å². The molecule has 0 saturated carbocycles. The minimum Gasteiger partial charge on any atom is -0.457 e. The number of hydrogen-bond acceptors (Lipinski definition) is 9. The average molecular weight is 481 g/mol. The molecule has 134 valence electrons. The minimum atomic E-state index is 0.917. The summed E-state index contributed by atoms with van der Waals surface area (Å²) in [4.78, 5) is 0. The summed E-state index contributed by atoms with van der Waals surface area (Å²) in [5, 5.41) is 0. The zero-order valence-electron chi connectivity index (χ0n) is 14.0. The van der Waals surface area contributed by atoms with Crippen LogP contribution in [0.3, 0.4) is 0 Å². The highest BCUT2D eigenvalue weighted by Crippen LogP contribution is 2.57. The molecule has 0 unspecified atom stereocenters. The molecule has 0 N–H and O–H groups in total. The Bertz CT molecular complexity index is 672. The van der Waals surface area contributed by atoms with Gasteiger partial charge in [-0.25, -0.2) is 0 Å². The zero-order valence-corrected chi connectivity index (χ0v) is 20.5. The third kappa shape index (κ3) is 5.31. The fourth-order valence-electron chi connectivity index (χ4n) is 1.95. The summed E-state index contributed by atoms with van der Waals surface area (Å²) < 4.78 is 14.1. The Morgan fingerprint density at radius 1 is 0.640 bits per heavy atom. The predicted molar refractivity (Wildman–Crippen MR) is 133 cm³/mol. The molecule has 0 fully saturated rings. The highest BCUT2D eigenvalue weighted by atomic mass is 32.3. The molecule has 0 saturated heterocycles. The molecule has 0 aromatic carbocycles. The van der Waals surface area contributed by atoms with Crippen LogP contribution in [-0.4, -0.2) is 25.0 Å². The molecule has 0 atom stereocenters. The molecule has 0 spiro atoms. The molecule has 1 nitrogen and oxygen atoms in total. The van der Waals surface area contributed by atoms with Gasteiger partial charge in [0.05, 0.1) is 25.4 Å². The maximum Gasteiger partial charge on any atom is 0.129 e. The van der Waals surface area contributed by atoms with Crippen molar-refractivity contribution >= 4 is 106 Å². The second-order valence-corrected chi connectivity index (χ2v) is 13.6. The first-order valence-electron chi connectivity index (χ1n) is 7.06. The summed E-state index contributed by atoms with van der Waals surface area (Å²) >= 11 is 14.6. The molecule has 9 heteroatoms. The van der Waals surface area contributed by atoms with Crippen LogP contribution in [0.4, 0.5) is 0 Å². The fourth-order valence-corrected chi connectivity index (χ4v) is 11.8. The van der Waals surface area contributed by atoms with E-state index in [9.17, 15) is 0 Å². The summed E-state index contributed by atoms with van der Waals surface area (Å²) in [6.45, 7) is 0. The molecule has 0 radical (unpaired) electrons. The Hall–Kier alpha value is 1.04. The van der Waals surface area contributed by atoms with Gasteiger partial charge in [0, 0.05) is 12.2 Å². The molecule has 3 rings (SSSR count). The summed E-state index contributed by atoms with van der Waals surface area (Å²) in [6, 6.07) is 4.11. The Labute approximate surface area is 183 Å². The first kappa shape index (κ1) is 20.8. The summed E-state index contributed by atoms with van der Waals surface area (Å²) in [7, 11) is 0. The molecule has 1 aromatic heterocycles. The molecule has 0 amide bonds. The van der Waals surface area contributed by atoms with E-state index in [1.165, 1.54) is 25.4 Å². The lowest BCUT2D eigenvalue weighted by Gasteiger charge is -1.95. The molecule has 25 heavy (non-hydrogen) atoms. The number of hydrogen-bond donors (Lipinski definition) is 0. The molecule has 1 aromatic rings. The van der Waals surface area contributed by atoms with Gasteiger partial charge in [-0.05, 0) is 37.2 Å². The van der Waals surface area contributed by atoms with E-state index in [0.717, 1.165) is 11.5 Å². The van der Waals surface area contributed by atoms with Crippen molar-refractivity contribution in [3.05, 3.63) is 49.1 Å². The van der Waals surface area contributed by atoms with Gasteiger partial charge in [-0.3, -0.25) is 0 Å². The minimum absolute atomic E-state index is 0.917. The van der Waals surface area contributed by atoms with Crippen molar-refractivity contribution in [2.45, 2.75) is 0 Å². The van der Waals surface area contributed by atoms with Crippen LogP contribution in [0.5, 0.6) is 0 Å². The Morgan fingerprint density at radius 2 is 0.960 bits per heavy atom. The van der Waals surface area contributed by atoms with Crippen LogP contribution in [0, 0.1) is 0 Å². The molecule has 2 aliphatic heterocycles. The Balaban J connectivity index is 1.69. The van der Waals surface area contributed by atoms with E-state index in [1.807, 2.05) is 94.1 Å². The summed E-state index contributed by atoms with van der Waals surface area (Å²) in [6.07, 6.45) is 12.8. The lowest BCUT2D eigenvalue weighted by molar-refractivity contribution is 0.547. The first-order chi connectivity index (χ1) is 12.2. The molecule has 0 bridgehead atoms. The van der Waals surface area contributed by atoms with Gasteiger partial charge in [-0.1, -0.05) is 47.0 Å². The zero-order chi connectivity index (χ0) is 17.8. The number of rotatable bonds is 6. The van der Waals surface area contributed by atoms with E-state index in [0.29, 0.717) is 0 Å². The third-order valence-corrected chi connectivity index (χ3v) is 13.2. The Morgan fingerprint density at radius 3 is 1.24 bits per heavy atom. The van der Waals surface area contributed by atoms with Crippen LogP contribution in [0.2, 0.25) is 0 Å². The molecular formula is C16H16OS8. The van der Waals surface area contributed by atoms with E-state index in [-0.39, 0.29) is 0 Å². The van der Waals surface area contributed by atoms with Crippen molar-refractivity contribution in [2.75, 3.05) is 25.0 Å². The quantitative estimate of drug-likeness (QED) is 0.393. The van der Waals surface area contributed by atoms with E-state index < -0.39 is 0 Å². The van der Waals surface area contributed by atoms with Gasteiger partial charge in [0.15, 0.2) is 0 Å². The maximum atomic E-state index is 6.01. The van der Waals surface area contributed by atoms with Crippen molar-refractivity contribution in [3.63, 3.8) is 0 Å². The third-order valence-electron chi connectivity index (χ3n) is 3.02. The second-order valence-electron chi connectivity index (χ2n) is 4.54. The smallest absolute Gasteiger partial charge is 0.129 e. The van der Waals surface area contributed by atoms with Crippen LogP contribution >= 0.6 is 94.1 Å². The van der Waals surface area contributed by atoms with Crippen molar-refractivity contribution in [1.29, 1.82) is 0 Å². The summed E-state index contributed by atoms with van der Waals surface area (Å²) in [5.74, 6) is 1.83. The molecular weight excluding hydrogens is 465 g/mol. The van der Waals surface area contributed by atoms with E-state index in [2.05, 4.69) is 49.3 Å². The van der Waals surface area contributed by atoms with Gasteiger partial charge in [0.2, 0.25) is 0 Å². The van der Waals surface area contributed by atoms with Gasteiger partial charge in [0.25, 0.3) is 0 Å². The van der Waals surface area contributed by atoms with Gasteiger partial charge < -0.3 is 4.42 Å².